The molecule has 33 heavy (non-hydrogen) atoms. The van der Waals surface area contributed by atoms with Crippen LogP contribution in [0.5, 0.6) is 23.0 Å². The Labute approximate surface area is 196 Å². The second-order valence-corrected chi connectivity index (χ2v) is 8.32. The van der Waals surface area contributed by atoms with E-state index in [-0.39, 0.29) is 0 Å². The van der Waals surface area contributed by atoms with Crippen LogP contribution in [0.3, 0.4) is 0 Å². The predicted octanol–water partition coefficient (Wildman–Crippen LogP) is 5.57. The Hall–Kier alpha value is -2.99. The Balaban J connectivity index is 1.68. The molecule has 0 amide bonds. The van der Waals surface area contributed by atoms with Crippen LogP contribution in [0.2, 0.25) is 0 Å². The number of pyridine rings is 1. The minimum absolute atomic E-state index is 0.614. The molecule has 0 unspecified atom stereocenters. The number of piperidine rings is 1. The van der Waals surface area contributed by atoms with Gasteiger partial charge >= 0.3 is 0 Å². The molecule has 2 heterocycles. The second-order valence-electron chi connectivity index (χ2n) is 8.32. The van der Waals surface area contributed by atoms with Crippen LogP contribution in [0.1, 0.15) is 32.6 Å². The average molecular weight is 451 g/mol. The third kappa shape index (κ3) is 5.50. The first-order valence-electron chi connectivity index (χ1n) is 11.9. The van der Waals surface area contributed by atoms with Gasteiger partial charge in [-0.1, -0.05) is 13.3 Å². The van der Waals surface area contributed by atoms with E-state index in [0.29, 0.717) is 19.0 Å². The van der Waals surface area contributed by atoms with Gasteiger partial charge in [0.2, 0.25) is 0 Å². The van der Waals surface area contributed by atoms with Gasteiger partial charge in [0.1, 0.15) is 35.1 Å². The van der Waals surface area contributed by atoms with Gasteiger partial charge < -0.3 is 18.9 Å². The third-order valence-electron chi connectivity index (χ3n) is 6.03. The molecule has 2 aromatic carbocycles. The van der Waals surface area contributed by atoms with E-state index in [2.05, 4.69) is 11.8 Å². The highest BCUT2D eigenvalue weighted by Crippen LogP contribution is 2.40. The molecular weight excluding hydrogens is 416 g/mol. The SMILES string of the molecule is CCCOc1ccc(-c2cc(OCCN3CCCCC3)c3c(OC)ccc(OC)c3n2)cc1. The highest BCUT2D eigenvalue weighted by molar-refractivity contribution is 5.97. The first-order chi connectivity index (χ1) is 16.2. The summed E-state index contributed by atoms with van der Waals surface area (Å²) in [7, 11) is 3.33. The largest absolute Gasteiger partial charge is 0.496 e. The normalized spacial score (nSPS) is 14.3. The van der Waals surface area contributed by atoms with E-state index in [1.165, 1.54) is 19.3 Å². The number of methoxy groups -OCH3 is 2. The number of hydrogen-bond acceptors (Lipinski definition) is 6. The molecule has 176 valence electrons. The lowest BCUT2D eigenvalue weighted by Gasteiger charge is -2.26. The van der Waals surface area contributed by atoms with Crippen molar-refractivity contribution in [2.24, 2.45) is 0 Å². The fraction of sp³-hybridized carbons (Fsp3) is 0.444. The van der Waals surface area contributed by atoms with Crippen LogP contribution >= 0.6 is 0 Å². The minimum Gasteiger partial charge on any atom is -0.496 e. The number of fused-ring (bicyclic) bond motifs is 1. The van der Waals surface area contributed by atoms with Gasteiger partial charge in [0.25, 0.3) is 0 Å². The molecule has 0 atom stereocenters. The summed E-state index contributed by atoms with van der Waals surface area (Å²) in [4.78, 5) is 7.41. The third-order valence-corrected chi connectivity index (χ3v) is 6.03. The molecule has 1 aliphatic heterocycles. The molecule has 1 aromatic heterocycles. The molecular formula is C27H34N2O4. The maximum atomic E-state index is 6.36. The topological polar surface area (TPSA) is 53.1 Å². The predicted molar refractivity (Wildman–Crippen MR) is 132 cm³/mol. The van der Waals surface area contributed by atoms with Crippen LogP contribution in [-0.2, 0) is 0 Å². The molecule has 4 rings (SSSR count). The molecule has 6 nitrogen and oxygen atoms in total. The first kappa shape index (κ1) is 23.2. The van der Waals surface area contributed by atoms with E-state index >= 15 is 0 Å². The van der Waals surface area contributed by atoms with Crippen molar-refractivity contribution in [2.45, 2.75) is 32.6 Å². The number of rotatable bonds is 10. The summed E-state index contributed by atoms with van der Waals surface area (Å²) in [5, 5.41) is 0.835. The van der Waals surface area contributed by atoms with E-state index in [1.807, 2.05) is 42.5 Å². The summed E-state index contributed by atoms with van der Waals surface area (Å²) >= 11 is 0. The quantitative estimate of drug-likeness (QED) is 0.402. The average Bonchev–Trinajstić information content (AvgIpc) is 2.87. The fourth-order valence-electron chi connectivity index (χ4n) is 4.26. The molecule has 0 spiro atoms. The number of nitrogens with zero attached hydrogens (tertiary/aromatic N) is 2. The van der Waals surface area contributed by atoms with Gasteiger partial charge in [0.15, 0.2) is 0 Å². The van der Waals surface area contributed by atoms with E-state index < -0.39 is 0 Å². The zero-order chi connectivity index (χ0) is 23.0. The summed E-state index contributed by atoms with van der Waals surface area (Å²) in [5.41, 5.74) is 2.55. The van der Waals surface area contributed by atoms with Gasteiger partial charge in [-0.15, -0.1) is 0 Å². The number of hydrogen-bond donors (Lipinski definition) is 0. The van der Waals surface area contributed by atoms with Crippen molar-refractivity contribution < 1.29 is 18.9 Å². The Morgan fingerprint density at radius 1 is 0.818 bits per heavy atom. The summed E-state index contributed by atoms with van der Waals surface area (Å²) in [6.07, 6.45) is 4.85. The Morgan fingerprint density at radius 2 is 1.55 bits per heavy atom. The lowest BCUT2D eigenvalue weighted by molar-refractivity contribution is 0.184. The zero-order valence-electron chi connectivity index (χ0n) is 19.9. The fourth-order valence-corrected chi connectivity index (χ4v) is 4.26. The van der Waals surface area contributed by atoms with Crippen molar-refractivity contribution in [1.82, 2.24) is 9.88 Å². The summed E-state index contributed by atoms with van der Waals surface area (Å²) in [5.74, 6) is 3.03. The molecule has 0 bridgehead atoms. The van der Waals surface area contributed by atoms with Crippen LogP contribution in [-0.4, -0.2) is 57.0 Å². The lowest BCUT2D eigenvalue weighted by atomic mass is 10.1. The van der Waals surface area contributed by atoms with Crippen molar-refractivity contribution >= 4 is 10.9 Å². The van der Waals surface area contributed by atoms with Gasteiger partial charge in [0.05, 0.1) is 31.9 Å². The standard InChI is InChI=1S/C27H34N2O4/c1-4-17-32-21-10-8-20(9-11-21)22-19-25(33-18-16-29-14-6-5-7-15-29)26-23(30-2)12-13-24(31-3)27(26)28-22/h8-13,19H,4-7,14-18H2,1-3H3. The van der Waals surface area contributed by atoms with E-state index in [4.69, 9.17) is 23.9 Å². The van der Waals surface area contributed by atoms with E-state index in [1.54, 1.807) is 14.2 Å². The van der Waals surface area contributed by atoms with Crippen molar-refractivity contribution in [3.05, 3.63) is 42.5 Å². The van der Waals surface area contributed by atoms with Crippen LogP contribution in [0.4, 0.5) is 0 Å². The van der Waals surface area contributed by atoms with Crippen LogP contribution in [0.25, 0.3) is 22.2 Å². The van der Waals surface area contributed by atoms with Crippen molar-refractivity contribution in [1.29, 1.82) is 0 Å². The van der Waals surface area contributed by atoms with Crippen LogP contribution in [0, 0.1) is 0 Å². The smallest absolute Gasteiger partial charge is 0.145 e. The molecule has 0 N–H and O–H groups in total. The van der Waals surface area contributed by atoms with Gasteiger partial charge in [-0.05, 0) is 68.8 Å². The van der Waals surface area contributed by atoms with E-state index in [9.17, 15) is 0 Å². The zero-order valence-corrected chi connectivity index (χ0v) is 19.9. The van der Waals surface area contributed by atoms with E-state index in [0.717, 1.165) is 65.5 Å². The molecule has 0 saturated carbocycles. The number of aromatic nitrogens is 1. The second kappa shape index (κ2) is 11.2. The number of ether oxygens (including phenoxy) is 4. The van der Waals surface area contributed by atoms with Crippen LogP contribution in [0.15, 0.2) is 42.5 Å². The van der Waals surface area contributed by atoms with Crippen molar-refractivity contribution in [3.63, 3.8) is 0 Å². The molecule has 1 saturated heterocycles. The minimum atomic E-state index is 0.614. The Bertz CT molecular complexity index is 1050. The summed E-state index contributed by atoms with van der Waals surface area (Å²) in [6, 6.07) is 13.8. The Kier molecular flexibility index (Phi) is 7.89. The molecule has 0 radical (unpaired) electrons. The number of likely N-dealkylation sites (tertiary alicyclic amines) is 1. The Morgan fingerprint density at radius 3 is 2.24 bits per heavy atom. The summed E-state index contributed by atoms with van der Waals surface area (Å²) < 4.78 is 23.4. The summed E-state index contributed by atoms with van der Waals surface area (Å²) in [6.45, 7) is 6.63. The maximum Gasteiger partial charge on any atom is 0.145 e. The molecule has 1 fully saturated rings. The van der Waals surface area contributed by atoms with Gasteiger partial charge in [0, 0.05) is 18.2 Å². The van der Waals surface area contributed by atoms with Crippen LogP contribution < -0.4 is 18.9 Å². The highest BCUT2D eigenvalue weighted by Gasteiger charge is 2.18. The molecule has 0 aliphatic carbocycles. The monoisotopic (exact) mass is 450 g/mol. The van der Waals surface area contributed by atoms with Gasteiger partial charge in [-0.3, -0.25) is 4.90 Å². The van der Waals surface area contributed by atoms with Gasteiger partial charge in [-0.25, -0.2) is 4.98 Å². The molecule has 3 aromatic rings. The highest BCUT2D eigenvalue weighted by atomic mass is 16.5. The lowest BCUT2D eigenvalue weighted by Crippen LogP contribution is -2.33. The van der Waals surface area contributed by atoms with Crippen molar-refractivity contribution in [2.75, 3.05) is 47.1 Å². The maximum absolute atomic E-state index is 6.36. The number of benzene rings is 2. The van der Waals surface area contributed by atoms with Crippen molar-refractivity contribution in [3.8, 4) is 34.3 Å². The molecule has 1 aliphatic rings. The molecule has 6 heteroatoms. The first-order valence-corrected chi connectivity index (χ1v) is 11.9. The van der Waals surface area contributed by atoms with Gasteiger partial charge in [-0.2, -0.15) is 0 Å².